The summed E-state index contributed by atoms with van der Waals surface area (Å²) in [5.41, 5.74) is 3.23. The average Bonchev–Trinajstić information content (AvgIpc) is 2.84. The molecule has 2 aromatic heterocycles. The fourth-order valence-electron chi connectivity index (χ4n) is 2.61. The van der Waals surface area contributed by atoms with Crippen LogP contribution in [0.15, 0.2) is 39.4 Å². The summed E-state index contributed by atoms with van der Waals surface area (Å²) in [6.07, 6.45) is 1.71. The Morgan fingerprint density at radius 1 is 1.25 bits per heavy atom. The maximum Gasteiger partial charge on any atom is 0.249 e. The van der Waals surface area contributed by atoms with Crippen molar-refractivity contribution in [2.75, 3.05) is 5.32 Å². The van der Waals surface area contributed by atoms with E-state index in [1.807, 2.05) is 45.0 Å². The number of amides is 1. The maximum absolute atomic E-state index is 12.7. The lowest BCUT2D eigenvalue weighted by atomic mass is 10.2. The van der Waals surface area contributed by atoms with E-state index in [4.69, 9.17) is 0 Å². The number of anilines is 1. The van der Waals surface area contributed by atoms with Crippen LogP contribution in [0.3, 0.4) is 0 Å². The summed E-state index contributed by atoms with van der Waals surface area (Å²) in [4.78, 5) is 17.1. The highest BCUT2D eigenvalue weighted by Crippen LogP contribution is 2.29. The molecular weight excluding hydrogens is 436 g/mol. The van der Waals surface area contributed by atoms with Gasteiger partial charge in [-0.1, -0.05) is 22.0 Å². The number of carbonyl (C=O) groups is 1. The molecule has 0 saturated carbocycles. The SMILES string of the molecule is Cc1nn(C(C)C(=O)Nc2ccc(Br)c3cccnc23)c(C)c1Br. The average molecular weight is 452 g/mol. The van der Waals surface area contributed by atoms with Gasteiger partial charge in [0.15, 0.2) is 0 Å². The fraction of sp³-hybridized carbons (Fsp3) is 0.235. The van der Waals surface area contributed by atoms with Gasteiger partial charge in [0.05, 0.1) is 27.1 Å². The van der Waals surface area contributed by atoms with Crippen LogP contribution in [0, 0.1) is 13.8 Å². The molecule has 1 atom stereocenters. The fourth-order valence-corrected chi connectivity index (χ4v) is 3.32. The molecular formula is C17H16Br2N4O. The first-order chi connectivity index (χ1) is 11.4. The van der Waals surface area contributed by atoms with E-state index in [1.54, 1.807) is 10.9 Å². The lowest BCUT2D eigenvalue weighted by molar-refractivity contribution is -0.119. The van der Waals surface area contributed by atoms with Crippen LogP contribution in [0.1, 0.15) is 24.4 Å². The molecule has 0 aliphatic carbocycles. The summed E-state index contributed by atoms with van der Waals surface area (Å²) in [5, 5.41) is 8.36. The van der Waals surface area contributed by atoms with Crippen molar-refractivity contribution in [2.45, 2.75) is 26.8 Å². The van der Waals surface area contributed by atoms with Crippen molar-refractivity contribution in [3.8, 4) is 0 Å². The second kappa shape index (κ2) is 6.64. The largest absolute Gasteiger partial charge is 0.322 e. The lowest BCUT2D eigenvalue weighted by Gasteiger charge is -2.15. The maximum atomic E-state index is 12.7. The number of hydrogen-bond donors (Lipinski definition) is 1. The number of aryl methyl sites for hydroxylation is 1. The van der Waals surface area contributed by atoms with E-state index >= 15 is 0 Å². The second-order valence-corrected chi connectivity index (χ2v) is 7.24. The summed E-state index contributed by atoms with van der Waals surface area (Å²) in [7, 11) is 0. The first-order valence-corrected chi connectivity index (χ1v) is 9.04. The standard InChI is InChI=1S/C17H16Br2N4O/c1-9-15(19)10(2)23(22-9)11(3)17(24)21-14-7-6-13(18)12-5-4-8-20-16(12)14/h4-8,11H,1-3H3,(H,21,24). The number of aromatic nitrogens is 3. The third-order valence-corrected chi connectivity index (χ3v) is 5.80. The summed E-state index contributed by atoms with van der Waals surface area (Å²) in [6, 6.07) is 7.15. The van der Waals surface area contributed by atoms with E-state index in [1.165, 1.54) is 0 Å². The van der Waals surface area contributed by atoms with Gasteiger partial charge in [0, 0.05) is 16.1 Å². The quantitative estimate of drug-likeness (QED) is 0.623. The Hall–Kier alpha value is -1.73. The number of hydrogen-bond acceptors (Lipinski definition) is 3. The van der Waals surface area contributed by atoms with Crippen LogP contribution in [0.4, 0.5) is 5.69 Å². The van der Waals surface area contributed by atoms with Gasteiger partial charge in [-0.05, 0) is 54.9 Å². The molecule has 3 aromatic rings. The molecule has 2 heterocycles. The Balaban J connectivity index is 1.92. The van der Waals surface area contributed by atoms with Gasteiger partial charge in [-0.15, -0.1) is 0 Å². The number of halogens is 2. The van der Waals surface area contributed by atoms with E-state index in [9.17, 15) is 4.79 Å². The number of benzene rings is 1. The molecule has 3 rings (SSSR count). The Labute approximate surface area is 156 Å². The minimum atomic E-state index is -0.433. The second-order valence-electron chi connectivity index (χ2n) is 5.59. The zero-order chi connectivity index (χ0) is 17.4. The van der Waals surface area contributed by atoms with Crippen molar-refractivity contribution in [3.05, 3.63) is 50.8 Å². The van der Waals surface area contributed by atoms with E-state index in [0.29, 0.717) is 5.69 Å². The smallest absolute Gasteiger partial charge is 0.249 e. The summed E-state index contributed by atoms with van der Waals surface area (Å²) < 4.78 is 3.60. The minimum Gasteiger partial charge on any atom is -0.322 e. The number of pyridine rings is 1. The monoisotopic (exact) mass is 450 g/mol. The highest BCUT2D eigenvalue weighted by atomic mass is 79.9. The normalized spacial score (nSPS) is 12.4. The molecule has 0 spiro atoms. The molecule has 5 nitrogen and oxygen atoms in total. The summed E-state index contributed by atoms with van der Waals surface area (Å²) in [5.74, 6) is -0.137. The van der Waals surface area contributed by atoms with Gasteiger partial charge in [0.25, 0.3) is 0 Å². The highest BCUT2D eigenvalue weighted by Gasteiger charge is 2.21. The van der Waals surface area contributed by atoms with Gasteiger partial charge in [0.2, 0.25) is 5.91 Å². The van der Waals surface area contributed by atoms with Gasteiger partial charge in [-0.25, -0.2) is 0 Å². The molecule has 0 saturated heterocycles. The Morgan fingerprint density at radius 3 is 2.67 bits per heavy atom. The number of nitrogens with one attached hydrogen (secondary N) is 1. The molecule has 1 aromatic carbocycles. The minimum absolute atomic E-state index is 0.137. The number of fused-ring (bicyclic) bond motifs is 1. The van der Waals surface area contributed by atoms with Crippen LogP contribution in [-0.2, 0) is 4.79 Å². The Bertz CT molecular complexity index is 936. The molecule has 1 N–H and O–H groups in total. The van der Waals surface area contributed by atoms with Gasteiger partial charge >= 0.3 is 0 Å². The number of nitrogens with zero attached hydrogens (tertiary/aromatic N) is 3. The molecule has 0 aliphatic heterocycles. The van der Waals surface area contributed by atoms with Crippen LogP contribution in [-0.4, -0.2) is 20.7 Å². The molecule has 24 heavy (non-hydrogen) atoms. The van der Waals surface area contributed by atoms with E-state index in [-0.39, 0.29) is 5.91 Å². The molecule has 0 fully saturated rings. The predicted octanol–water partition coefficient (Wildman–Crippen LogP) is 4.77. The van der Waals surface area contributed by atoms with Crippen molar-refractivity contribution in [1.29, 1.82) is 0 Å². The highest BCUT2D eigenvalue weighted by molar-refractivity contribution is 9.11. The third kappa shape index (κ3) is 2.98. The zero-order valence-corrected chi connectivity index (χ0v) is 16.6. The molecule has 1 unspecified atom stereocenters. The van der Waals surface area contributed by atoms with Crippen molar-refractivity contribution in [3.63, 3.8) is 0 Å². The van der Waals surface area contributed by atoms with Gasteiger partial charge in [0.1, 0.15) is 6.04 Å². The van der Waals surface area contributed by atoms with Crippen molar-refractivity contribution < 1.29 is 4.79 Å². The first-order valence-electron chi connectivity index (χ1n) is 7.45. The Morgan fingerprint density at radius 2 is 2.00 bits per heavy atom. The Kier molecular flexibility index (Phi) is 4.73. The summed E-state index contributed by atoms with van der Waals surface area (Å²) >= 11 is 7.01. The molecule has 1 amide bonds. The first kappa shape index (κ1) is 17.1. The van der Waals surface area contributed by atoms with Gasteiger partial charge in [-0.2, -0.15) is 5.10 Å². The number of rotatable bonds is 3. The van der Waals surface area contributed by atoms with E-state index in [0.717, 1.165) is 31.2 Å². The van der Waals surface area contributed by atoms with Crippen LogP contribution in [0.5, 0.6) is 0 Å². The van der Waals surface area contributed by atoms with Crippen molar-refractivity contribution in [2.24, 2.45) is 0 Å². The third-order valence-electron chi connectivity index (χ3n) is 3.96. The predicted molar refractivity (Wildman–Crippen MR) is 102 cm³/mol. The van der Waals surface area contributed by atoms with Crippen molar-refractivity contribution >= 4 is 54.4 Å². The van der Waals surface area contributed by atoms with E-state index < -0.39 is 6.04 Å². The number of carbonyl (C=O) groups excluding carboxylic acids is 1. The van der Waals surface area contributed by atoms with E-state index in [2.05, 4.69) is 47.3 Å². The molecule has 7 heteroatoms. The summed E-state index contributed by atoms with van der Waals surface area (Å²) in [6.45, 7) is 5.67. The lowest BCUT2D eigenvalue weighted by Crippen LogP contribution is -2.25. The molecule has 0 bridgehead atoms. The van der Waals surface area contributed by atoms with Crippen LogP contribution in [0.2, 0.25) is 0 Å². The van der Waals surface area contributed by atoms with Crippen LogP contribution in [0.25, 0.3) is 10.9 Å². The topological polar surface area (TPSA) is 59.8 Å². The molecule has 0 radical (unpaired) electrons. The van der Waals surface area contributed by atoms with Gasteiger partial charge < -0.3 is 5.32 Å². The van der Waals surface area contributed by atoms with Crippen LogP contribution < -0.4 is 5.32 Å². The van der Waals surface area contributed by atoms with Crippen LogP contribution >= 0.6 is 31.9 Å². The molecule has 0 aliphatic rings. The molecule has 124 valence electrons. The zero-order valence-electron chi connectivity index (χ0n) is 13.5. The van der Waals surface area contributed by atoms with Crippen molar-refractivity contribution in [1.82, 2.24) is 14.8 Å². The van der Waals surface area contributed by atoms with Gasteiger partial charge in [-0.3, -0.25) is 14.5 Å².